The Morgan fingerprint density at radius 1 is 1.03 bits per heavy atom. The van der Waals surface area contributed by atoms with Gasteiger partial charge in [-0.25, -0.2) is 9.67 Å². The molecular formula is C23H22N4O4. The second-order valence-corrected chi connectivity index (χ2v) is 7.48. The number of methoxy groups -OCH3 is 3. The number of H-pyrrole nitrogens is 1. The van der Waals surface area contributed by atoms with Gasteiger partial charge in [0.25, 0.3) is 0 Å². The number of rotatable bonds is 5. The van der Waals surface area contributed by atoms with Crippen molar-refractivity contribution in [2.75, 3.05) is 21.3 Å². The second-order valence-electron chi connectivity index (χ2n) is 7.48. The number of hydrogen-bond acceptors (Lipinski definition) is 6. The number of imidazole rings is 1. The minimum atomic E-state index is -0.0477. The van der Waals surface area contributed by atoms with E-state index in [2.05, 4.69) is 15.1 Å². The van der Waals surface area contributed by atoms with Crippen LogP contribution in [0.3, 0.4) is 0 Å². The van der Waals surface area contributed by atoms with Crippen molar-refractivity contribution in [3.05, 3.63) is 59.4 Å². The smallest absolute Gasteiger partial charge is 0.229 e. The molecule has 4 aromatic rings. The molecule has 31 heavy (non-hydrogen) atoms. The fourth-order valence-electron chi connectivity index (χ4n) is 4.24. The van der Waals surface area contributed by atoms with E-state index in [-0.39, 0.29) is 11.7 Å². The van der Waals surface area contributed by atoms with Crippen molar-refractivity contribution >= 4 is 16.8 Å². The topological polar surface area (TPSA) is 91.3 Å². The lowest BCUT2D eigenvalue weighted by Gasteiger charge is -2.24. The van der Waals surface area contributed by atoms with E-state index in [1.54, 1.807) is 32.2 Å². The van der Waals surface area contributed by atoms with E-state index in [1.807, 2.05) is 36.4 Å². The number of ether oxygens (including phenoxy) is 3. The van der Waals surface area contributed by atoms with Crippen LogP contribution in [-0.4, -0.2) is 46.9 Å². The number of carbonyl (C=O) groups is 1. The van der Waals surface area contributed by atoms with Crippen molar-refractivity contribution < 1.29 is 19.0 Å². The Labute approximate surface area is 178 Å². The molecule has 2 aromatic heterocycles. The molecule has 2 heterocycles. The molecule has 8 heteroatoms. The van der Waals surface area contributed by atoms with Gasteiger partial charge in [-0.2, -0.15) is 5.10 Å². The zero-order chi connectivity index (χ0) is 21.5. The highest BCUT2D eigenvalue weighted by atomic mass is 16.5. The highest BCUT2D eigenvalue weighted by Crippen LogP contribution is 2.43. The third-order valence-corrected chi connectivity index (χ3v) is 5.78. The van der Waals surface area contributed by atoms with Crippen LogP contribution in [0.15, 0.2) is 42.6 Å². The highest BCUT2D eigenvalue weighted by Gasteiger charge is 2.32. The van der Waals surface area contributed by atoms with Crippen LogP contribution in [0.5, 0.6) is 17.2 Å². The molecule has 0 bridgehead atoms. The summed E-state index contributed by atoms with van der Waals surface area (Å²) in [7, 11) is 4.74. The average Bonchev–Trinajstić information content (AvgIpc) is 3.42. The molecule has 0 unspecified atom stereocenters. The average molecular weight is 418 g/mol. The Balaban J connectivity index is 1.56. The molecule has 0 fully saturated rings. The van der Waals surface area contributed by atoms with Crippen molar-refractivity contribution in [2.24, 2.45) is 0 Å². The number of para-hydroxylation sites is 2. The summed E-state index contributed by atoms with van der Waals surface area (Å²) in [6.07, 6.45) is 2.66. The summed E-state index contributed by atoms with van der Waals surface area (Å²) in [6, 6.07) is 11.6. The zero-order valence-electron chi connectivity index (χ0n) is 17.5. The number of aromatic amines is 1. The normalized spacial score (nSPS) is 15.7. The van der Waals surface area contributed by atoms with Crippen molar-refractivity contribution in [3.63, 3.8) is 0 Å². The summed E-state index contributed by atoms with van der Waals surface area (Å²) in [5, 5.41) is 4.47. The number of carbonyl (C=O) groups excluding carboxylic acids is 1. The minimum Gasteiger partial charge on any atom is -0.493 e. The van der Waals surface area contributed by atoms with Crippen LogP contribution in [0.25, 0.3) is 17.0 Å². The van der Waals surface area contributed by atoms with Gasteiger partial charge in [-0.05, 0) is 42.2 Å². The number of Topliss-reactive ketones (excluding diaryl/α,β-unsaturated/α-hetero) is 1. The SMILES string of the molecule is COc1cc([C@H]2CC(=O)c3cnn(-c4nc5ccccc5[nH]4)c3C2)cc(OC)c1OC. The first-order chi connectivity index (χ1) is 15.1. The fraction of sp³-hybridized carbons (Fsp3) is 0.261. The number of nitrogens with one attached hydrogen (secondary N) is 1. The lowest BCUT2D eigenvalue weighted by atomic mass is 9.82. The maximum absolute atomic E-state index is 12.9. The van der Waals surface area contributed by atoms with E-state index in [0.717, 1.165) is 22.3 Å². The molecule has 0 radical (unpaired) electrons. The summed E-state index contributed by atoms with van der Waals surface area (Å²) in [5.74, 6) is 2.28. The quantitative estimate of drug-likeness (QED) is 0.532. The first kappa shape index (κ1) is 19.2. The molecule has 8 nitrogen and oxygen atoms in total. The van der Waals surface area contributed by atoms with Crippen LogP contribution in [0.2, 0.25) is 0 Å². The molecule has 1 atom stereocenters. The molecule has 0 saturated carbocycles. The van der Waals surface area contributed by atoms with Crippen LogP contribution in [0.1, 0.15) is 34.0 Å². The number of fused-ring (bicyclic) bond motifs is 2. The van der Waals surface area contributed by atoms with Crippen molar-refractivity contribution in [3.8, 4) is 23.2 Å². The second kappa shape index (κ2) is 7.46. The van der Waals surface area contributed by atoms with Crippen LogP contribution >= 0.6 is 0 Å². The predicted molar refractivity (Wildman–Crippen MR) is 115 cm³/mol. The van der Waals surface area contributed by atoms with Crippen LogP contribution in [0, 0.1) is 0 Å². The third kappa shape index (κ3) is 3.11. The van der Waals surface area contributed by atoms with Crippen LogP contribution in [-0.2, 0) is 6.42 Å². The standard InChI is InChI=1S/C23H22N4O4/c1-29-20-10-14(11-21(30-2)22(20)31-3)13-8-18-15(19(28)9-13)12-24-27(18)23-25-16-6-4-5-7-17(16)26-23/h4-7,10-13H,8-9H2,1-3H3,(H,25,26)/t13-/m1/s1. The van der Waals surface area contributed by atoms with Gasteiger partial charge in [-0.3, -0.25) is 4.79 Å². The van der Waals surface area contributed by atoms with Gasteiger partial charge in [0.2, 0.25) is 11.7 Å². The molecule has 1 aliphatic carbocycles. The van der Waals surface area contributed by atoms with Crippen molar-refractivity contribution in [1.29, 1.82) is 0 Å². The Morgan fingerprint density at radius 2 is 1.77 bits per heavy atom. The van der Waals surface area contributed by atoms with E-state index in [4.69, 9.17) is 14.2 Å². The van der Waals surface area contributed by atoms with E-state index >= 15 is 0 Å². The number of hydrogen-bond donors (Lipinski definition) is 1. The van der Waals surface area contributed by atoms with Gasteiger partial charge in [-0.1, -0.05) is 12.1 Å². The maximum atomic E-state index is 12.9. The first-order valence-electron chi connectivity index (χ1n) is 9.98. The lowest BCUT2D eigenvalue weighted by Crippen LogP contribution is -2.20. The monoisotopic (exact) mass is 418 g/mol. The van der Waals surface area contributed by atoms with E-state index < -0.39 is 0 Å². The summed E-state index contributed by atoms with van der Waals surface area (Å²) in [5.41, 5.74) is 4.21. The molecule has 0 amide bonds. The van der Waals surface area contributed by atoms with E-state index in [9.17, 15) is 4.79 Å². The summed E-state index contributed by atoms with van der Waals surface area (Å²) >= 11 is 0. The molecule has 0 aliphatic heterocycles. The molecule has 2 aromatic carbocycles. The molecule has 1 N–H and O–H groups in total. The van der Waals surface area contributed by atoms with E-state index in [1.165, 1.54) is 0 Å². The number of benzene rings is 2. The predicted octanol–water partition coefficient (Wildman–Crippen LogP) is 3.69. The van der Waals surface area contributed by atoms with Gasteiger partial charge < -0.3 is 19.2 Å². The summed E-state index contributed by atoms with van der Waals surface area (Å²) < 4.78 is 18.2. The highest BCUT2D eigenvalue weighted by molar-refractivity contribution is 5.98. The van der Waals surface area contributed by atoms with Gasteiger partial charge in [-0.15, -0.1) is 0 Å². The van der Waals surface area contributed by atoms with Crippen LogP contribution in [0.4, 0.5) is 0 Å². The first-order valence-corrected chi connectivity index (χ1v) is 9.98. The van der Waals surface area contributed by atoms with Gasteiger partial charge >= 0.3 is 0 Å². The molecule has 158 valence electrons. The molecule has 0 spiro atoms. The van der Waals surface area contributed by atoms with Gasteiger partial charge in [0.15, 0.2) is 17.3 Å². The fourth-order valence-corrected chi connectivity index (χ4v) is 4.24. The van der Waals surface area contributed by atoms with Gasteiger partial charge in [0.1, 0.15) is 0 Å². The molecule has 1 aliphatic rings. The van der Waals surface area contributed by atoms with Gasteiger partial charge in [0.05, 0.1) is 49.8 Å². The summed E-state index contributed by atoms with van der Waals surface area (Å²) in [4.78, 5) is 20.9. The number of nitrogens with zero attached hydrogens (tertiary/aromatic N) is 3. The zero-order valence-corrected chi connectivity index (χ0v) is 17.5. The Kier molecular flexibility index (Phi) is 4.62. The van der Waals surface area contributed by atoms with E-state index in [0.29, 0.717) is 41.6 Å². The van der Waals surface area contributed by atoms with Gasteiger partial charge in [0, 0.05) is 6.42 Å². The van der Waals surface area contributed by atoms with Crippen LogP contribution < -0.4 is 14.2 Å². The Hall–Kier alpha value is -3.81. The maximum Gasteiger partial charge on any atom is 0.229 e. The Bertz CT molecular complexity index is 1230. The number of aromatic nitrogens is 4. The minimum absolute atomic E-state index is 0.0477. The molecule has 0 saturated heterocycles. The lowest BCUT2D eigenvalue weighted by molar-refractivity contribution is 0.0963. The third-order valence-electron chi connectivity index (χ3n) is 5.78. The van der Waals surface area contributed by atoms with Crippen molar-refractivity contribution in [1.82, 2.24) is 19.7 Å². The largest absolute Gasteiger partial charge is 0.493 e. The number of ketones is 1. The molecular weight excluding hydrogens is 396 g/mol. The Morgan fingerprint density at radius 3 is 2.45 bits per heavy atom. The summed E-state index contributed by atoms with van der Waals surface area (Å²) in [6.45, 7) is 0. The van der Waals surface area contributed by atoms with Crippen molar-refractivity contribution in [2.45, 2.75) is 18.8 Å². The molecule has 5 rings (SSSR count).